The molecule has 37 heavy (non-hydrogen) atoms. The Morgan fingerprint density at radius 1 is 1.05 bits per heavy atom. The van der Waals surface area contributed by atoms with Crippen LogP contribution in [0.1, 0.15) is 19.4 Å². The predicted molar refractivity (Wildman–Crippen MR) is 145 cm³/mol. The summed E-state index contributed by atoms with van der Waals surface area (Å²) in [5.41, 5.74) is 0.898. The largest absolute Gasteiger partial charge is 0.497 e. The Balaban J connectivity index is 1.64. The number of carbonyl (C=O) groups excluding carboxylic acids is 2. The summed E-state index contributed by atoms with van der Waals surface area (Å²) >= 11 is 12.3. The Morgan fingerprint density at radius 3 is 2.32 bits per heavy atom. The number of urea groups is 2. The molecule has 1 fully saturated rings. The Hall–Kier alpha value is -3.46. The third-order valence-electron chi connectivity index (χ3n) is 6.39. The van der Waals surface area contributed by atoms with Crippen LogP contribution >= 0.6 is 23.2 Å². The maximum absolute atomic E-state index is 13.8. The molecule has 1 heterocycles. The number of rotatable bonds is 7. The number of ether oxygens (including phenoxy) is 1. The van der Waals surface area contributed by atoms with Gasteiger partial charge in [0.1, 0.15) is 5.75 Å². The number of hydrogen-bond donors (Lipinski definition) is 2. The minimum atomic E-state index is -1.06. The lowest BCUT2D eigenvalue weighted by molar-refractivity contribution is -0.0947. The van der Waals surface area contributed by atoms with Crippen molar-refractivity contribution in [3.8, 4) is 5.75 Å². The predicted octanol–water partition coefficient (Wildman–Crippen LogP) is 6.51. The highest BCUT2D eigenvalue weighted by Crippen LogP contribution is 2.38. The molecule has 0 unspecified atom stereocenters. The van der Waals surface area contributed by atoms with E-state index < -0.39 is 17.7 Å². The smallest absolute Gasteiger partial charge is 0.347 e. The highest BCUT2D eigenvalue weighted by molar-refractivity contribution is 6.31. The molecule has 4 amide bonds. The van der Waals surface area contributed by atoms with Crippen molar-refractivity contribution < 1.29 is 19.5 Å². The number of amides is 4. The van der Waals surface area contributed by atoms with E-state index in [0.717, 1.165) is 11.3 Å². The van der Waals surface area contributed by atoms with Gasteiger partial charge in [0.15, 0.2) is 6.17 Å². The molecule has 0 aromatic heterocycles. The zero-order chi connectivity index (χ0) is 26.7. The zero-order valence-corrected chi connectivity index (χ0v) is 22.2. The molecule has 10 heteroatoms. The first-order valence-electron chi connectivity index (χ1n) is 11.7. The fourth-order valence-electron chi connectivity index (χ4n) is 4.50. The van der Waals surface area contributed by atoms with Crippen LogP contribution < -0.4 is 15.0 Å². The number of carbonyl (C=O) groups is 2. The van der Waals surface area contributed by atoms with E-state index in [0.29, 0.717) is 39.4 Å². The Labute approximate surface area is 225 Å². The lowest BCUT2D eigenvalue weighted by Crippen LogP contribution is -2.58. The van der Waals surface area contributed by atoms with Crippen LogP contribution in [0.25, 0.3) is 0 Å². The van der Waals surface area contributed by atoms with E-state index in [1.807, 2.05) is 38.1 Å². The van der Waals surface area contributed by atoms with Crippen LogP contribution in [0.4, 0.5) is 21.0 Å². The average Bonchev–Trinajstić information content (AvgIpc) is 3.07. The Bertz CT molecular complexity index is 1290. The van der Waals surface area contributed by atoms with Crippen LogP contribution in [0, 0.1) is 0 Å². The van der Waals surface area contributed by atoms with Gasteiger partial charge in [-0.15, -0.1) is 0 Å². The number of hydrogen-bond acceptors (Lipinski definition) is 4. The summed E-state index contributed by atoms with van der Waals surface area (Å²) in [6, 6.07) is 19.7. The number of halogens is 2. The fourth-order valence-corrected chi connectivity index (χ4v) is 4.87. The summed E-state index contributed by atoms with van der Waals surface area (Å²) in [6.45, 7) is 3.98. The Kier molecular flexibility index (Phi) is 7.82. The van der Waals surface area contributed by atoms with E-state index in [1.165, 1.54) is 4.90 Å². The highest BCUT2D eigenvalue weighted by Gasteiger charge is 2.55. The molecule has 3 aromatic carbocycles. The van der Waals surface area contributed by atoms with Gasteiger partial charge < -0.3 is 15.0 Å². The molecule has 1 saturated heterocycles. The topological polar surface area (TPSA) is 85.3 Å². The number of nitrogens with zero attached hydrogens (tertiary/aromatic N) is 3. The van der Waals surface area contributed by atoms with E-state index >= 15 is 0 Å². The average molecular weight is 543 g/mol. The van der Waals surface area contributed by atoms with Gasteiger partial charge in [-0.05, 0) is 74.4 Å². The minimum Gasteiger partial charge on any atom is -0.497 e. The summed E-state index contributed by atoms with van der Waals surface area (Å²) in [5, 5.41) is 15.2. The molecule has 1 aliphatic rings. The molecule has 0 spiro atoms. The molecule has 8 nitrogen and oxygen atoms in total. The van der Waals surface area contributed by atoms with E-state index in [2.05, 4.69) is 5.32 Å². The Morgan fingerprint density at radius 2 is 1.70 bits per heavy atom. The van der Waals surface area contributed by atoms with Crippen LogP contribution in [0.3, 0.4) is 0 Å². The van der Waals surface area contributed by atoms with Gasteiger partial charge in [0.2, 0.25) is 0 Å². The van der Waals surface area contributed by atoms with Crippen molar-refractivity contribution >= 4 is 46.6 Å². The number of nitrogens with one attached hydrogen (secondary N) is 1. The maximum atomic E-state index is 13.8. The summed E-state index contributed by atoms with van der Waals surface area (Å²) in [6.07, 6.45) is -0.497. The van der Waals surface area contributed by atoms with Crippen LogP contribution in [0.2, 0.25) is 10.0 Å². The van der Waals surface area contributed by atoms with Gasteiger partial charge in [0, 0.05) is 28.0 Å². The molecule has 4 rings (SSSR count). The first-order chi connectivity index (χ1) is 17.6. The van der Waals surface area contributed by atoms with Crippen molar-refractivity contribution in [2.75, 3.05) is 23.9 Å². The number of benzene rings is 3. The van der Waals surface area contributed by atoms with Gasteiger partial charge in [-0.25, -0.2) is 9.59 Å². The molecule has 0 saturated carbocycles. The van der Waals surface area contributed by atoms with Crippen molar-refractivity contribution in [3.05, 3.63) is 88.4 Å². The lowest BCUT2D eigenvalue weighted by Gasteiger charge is -2.38. The van der Waals surface area contributed by atoms with Crippen molar-refractivity contribution in [1.82, 2.24) is 9.96 Å². The molecule has 2 N–H and O–H groups in total. The SMILES string of the molecule is COc1ccc(CCN2C(=O)N(c3cccc(Cl)c3)[C@H](N(O)C(=O)Nc3cccc(Cl)c3)C2(C)C)cc1. The standard InChI is InChI=1S/C27H28Cl2N4O4/c1-27(2)24(33(36)25(34)30-21-8-4-6-19(28)16-21)32(22-9-5-7-20(29)17-22)26(35)31(27)15-14-18-10-12-23(37-3)13-11-18/h4-13,16-17,24,36H,14-15H2,1-3H3,(H,30,34)/t24-/m1/s1. The second-order valence-electron chi connectivity index (χ2n) is 9.19. The van der Waals surface area contributed by atoms with Gasteiger partial charge in [-0.2, -0.15) is 5.06 Å². The monoisotopic (exact) mass is 542 g/mol. The number of methoxy groups -OCH3 is 1. The van der Waals surface area contributed by atoms with E-state index in [4.69, 9.17) is 27.9 Å². The summed E-state index contributed by atoms with van der Waals surface area (Å²) in [5.74, 6) is 0.746. The van der Waals surface area contributed by atoms with Gasteiger partial charge in [0.25, 0.3) is 0 Å². The zero-order valence-electron chi connectivity index (χ0n) is 20.7. The van der Waals surface area contributed by atoms with E-state index in [1.54, 1.807) is 60.5 Å². The normalized spacial score (nSPS) is 16.6. The van der Waals surface area contributed by atoms with Crippen LogP contribution in [0.5, 0.6) is 5.75 Å². The van der Waals surface area contributed by atoms with Crippen LogP contribution in [0.15, 0.2) is 72.8 Å². The van der Waals surface area contributed by atoms with Gasteiger partial charge in [-0.3, -0.25) is 10.1 Å². The van der Waals surface area contributed by atoms with Crippen LogP contribution in [-0.4, -0.2) is 52.6 Å². The van der Waals surface area contributed by atoms with Crippen molar-refractivity contribution in [1.29, 1.82) is 0 Å². The molecule has 3 aromatic rings. The van der Waals surface area contributed by atoms with Crippen molar-refractivity contribution in [2.24, 2.45) is 0 Å². The molecule has 0 aliphatic carbocycles. The third kappa shape index (κ3) is 5.61. The second-order valence-corrected chi connectivity index (χ2v) is 10.1. The summed E-state index contributed by atoms with van der Waals surface area (Å²) in [4.78, 5) is 30.0. The van der Waals surface area contributed by atoms with E-state index in [-0.39, 0.29) is 6.03 Å². The van der Waals surface area contributed by atoms with E-state index in [9.17, 15) is 14.8 Å². The summed E-state index contributed by atoms with van der Waals surface area (Å²) in [7, 11) is 1.61. The first-order valence-corrected chi connectivity index (χ1v) is 12.4. The highest BCUT2D eigenvalue weighted by atomic mass is 35.5. The van der Waals surface area contributed by atoms with Crippen LogP contribution in [-0.2, 0) is 6.42 Å². The quantitative estimate of drug-likeness (QED) is 0.263. The van der Waals surface area contributed by atoms with Gasteiger partial charge in [-0.1, -0.05) is 47.5 Å². The minimum absolute atomic E-state index is 0.357. The van der Waals surface area contributed by atoms with Gasteiger partial charge in [0.05, 0.1) is 12.6 Å². The number of hydroxylamine groups is 2. The number of anilines is 2. The first kappa shape index (κ1) is 26.6. The van der Waals surface area contributed by atoms with Crippen molar-refractivity contribution in [2.45, 2.75) is 32.0 Å². The molecule has 0 bridgehead atoms. The second kappa shape index (κ2) is 10.9. The summed E-state index contributed by atoms with van der Waals surface area (Å²) < 4.78 is 5.22. The van der Waals surface area contributed by atoms with Crippen molar-refractivity contribution in [3.63, 3.8) is 0 Å². The molecule has 194 valence electrons. The fraction of sp³-hybridized carbons (Fsp3) is 0.259. The maximum Gasteiger partial charge on any atom is 0.347 e. The molecule has 1 aliphatic heterocycles. The lowest BCUT2D eigenvalue weighted by atomic mass is 9.99. The molecule has 1 atom stereocenters. The van der Waals surface area contributed by atoms with Gasteiger partial charge >= 0.3 is 12.1 Å². The molecular weight excluding hydrogens is 515 g/mol. The molecular formula is C27H28Cl2N4O4. The third-order valence-corrected chi connectivity index (χ3v) is 6.86. The molecule has 0 radical (unpaired) electrons.